The van der Waals surface area contributed by atoms with Gasteiger partial charge >= 0.3 is 0 Å². The lowest BCUT2D eigenvalue weighted by atomic mass is 10.00. The third-order valence-corrected chi connectivity index (χ3v) is 3.63. The number of aliphatic hydroxyl groups excluding tert-OH is 1. The normalized spacial score (nSPS) is 12.0. The topological polar surface area (TPSA) is 40.5 Å². The van der Waals surface area contributed by atoms with Crippen molar-refractivity contribution < 1.29 is 9.90 Å². The van der Waals surface area contributed by atoms with Crippen molar-refractivity contribution in [3.8, 4) is 0 Å². The molecule has 20 heavy (non-hydrogen) atoms. The van der Waals surface area contributed by atoms with Crippen molar-refractivity contribution in [2.75, 3.05) is 19.0 Å². The predicted molar refractivity (Wildman–Crippen MR) is 84.2 cm³/mol. The lowest BCUT2D eigenvalue weighted by Crippen LogP contribution is -2.13. The van der Waals surface area contributed by atoms with Gasteiger partial charge in [-0.2, -0.15) is 0 Å². The molecule has 104 valence electrons. The summed E-state index contributed by atoms with van der Waals surface area (Å²) in [6.45, 7) is 0. The van der Waals surface area contributed by atoms with E-state index in [1.165, 1.54) is 0 Å². The van der Waals surface area contributed by atoms with Crippen LogP contribution in [0.25, 0.3) is 0 Å². The largest absolute Gasteiger partial charge is 0.380 e. The molecule has 3 nitrogen and oxygen atoms in total. The van der Waals surface area contributed by atoms with Crippen LogP contribution in [0, 0.1) is 0 Å². The van der Waals surface area contributed by atoms with Crippen molar-refractivity contribution in [3.05, 3.63) is 64.1 Å². The SMILES string of the molecule is CN(C)c1ccc(C(=O)C(O)c2ccc(Br)cc2)cc1. The number of carbonyl (C=O) groups is 1. The van der Waals surface area contributed by atoms with E-state index in [9.17, 15) is 9.90 Å². The van der Waals surface area contributed by atoms with Crippen LogP contribution in [-0.2, 0) is 0 Å². The maximum absolute atomic E-state index is 12.2. The fourth-order valence-electron chi connectivity index (χ4n) is 1.88. The molecule has 1 unspecified atom stereocenters. The Morgan fingerprint density at radius 2 is 1.60 bits per heavy atom. The second-order valence-corrected chi connectivity index (χ2v) is 5.68. The van der Waals surface area contributed by atoms with Crippen LogP contribution in [0.1, 0.15) is 22.0 Å². The summed E-state index contributed by atoms with van der Waals surface area (Å²) in [6.07, 6.45) is -1.13. The van der Waals surface area contributed by atoms with Gasteiger partial charge in [-0.25, -0.2) is 0 Å². The molecule has 0 amide bonds. The van der Waals surface area contributed by atoms with Crippen molar-refractivity contribution in [2.24, 2.45) is 0 Å². The Kier molecular flexibility index (Phi) is 4.57. The van der Waals surface area contributed by atoms with Crippen molar-refractivity contribution >= 4 is 27.4 Å². The van der Waals surface area contributed by atoms with E-state index in [2.05, 4.69) is 15.9 Å². The van der Waals surface area contributed by atoms with E-state index in [4.69, 9.17) is 0 Å². The molecule has 0 heterocycles. The highest BCUT2D eigenvalue weighted by molar-refractivity contribution is 9.10. The van der Waals surface area contributed by atoms with Gasteiger partial charge in [-0.15, -0.1) is 0 Å². The first-order valence-electron chi connectivity index (χ1n) is 6.24. The first kappa shape index (κ1) is 14.8. The summed E-state index contributed by atoms with van der Waals surface area (Å²) in [5.41, 5.74) is 2.11. The first-order chi connectivity index (χ1) is 9.49. The number of nitrogens with zero attached hydrogens (tertiary/aromatic N) is 1. The number of benzene rings is 2. The zero-order valence-electron chi connectivity index (χ0n) is 11.4. The molecule has 1 atom stereocenters. The van der Waals surface area contributed by atoms with E-state index < -0.39 is 6.10 Å². The number of aliphatic hydroxyl groups is 1. The summed E-state index contributed by atoms with van der Waals surface area (Å²) < 4.78 is 0.913. The highest BCUT2D eigenvalue weighted by Gasteiger charge is 2.19. The Hall–Kier alpha value is -1.65. The Balaban J connectivity index is 2.20. The maximum atomic E-state index is 12.2. The number of ketones is 1. The Morgan fingerprint density at radius 1 is 1.05 bits per heavy atom. The van der Waals surface area contributed by atoms with Crippen LogP contribution in [0.2, 0.25) is 0 Å². The molecule has 0 saturated carbocycles. The Bertz CT molecular complexity index is 591. The molecule has 0 aromatic heterocycles. The standard InChI is InChI=1S/C16H16BrNO2/c1-18(2)14-9-5-12(6-10-14)16(20)15(19)11-3-7-13(17)8-4-11/h3-10,15,19H,1-2H3. The number of Topliss-reactive ketones (excluding diaryl/α,β-unsaturated/α-hetero) is 1. The van der Waals surface area contributed by atoms with E-state index in [1.54, 1.807) is 36.4 Å². The second kappa shape index (κ2) is 6.20. The second-order valence-electron chi connectivity index (χ2n) is 4.76. The van der Waals surface area contributed by atoms with E-state index in [0.29, 0.717) is 11.1 Å². The van der Waals surface area contributed by atoms with E-state index >= 15 is 0 Å². The summed E-state index contributed by atoms with van der Waals surface area (Å²) in [6, 6.07) is 14.3. The maximum Gasteiger partial charge on any atom is 0.195 e. The van der Waals surface area contributed by atoms with Gasteiger partial charge in [0.2, 0.25) is 0 Å². The molecule has 0 saturated heterocycles. The third kappa shape index (κ3) is 3.26. The molecule has 2 rings (SSSR count). The van der Waals surface area contributed by atoms with Gasteiger partial charge in [0, 0.05) is 29.8 Å². The van der Waals surface area contributed by atoms with Crippen molar-refractivity contribution in [1.82, 2.24) is 0 Å². The molecule has 0 aliphatic rings. The fraction of sp³-hybridized carbons (Fsp3) is 0.188. The quantitative estimate of drug-likeness (QED) is 0.871. The predicted octanol–water partition coefficient (Wildman–Crippen LogP) is 3.43. The van der Waals surface area contributed by atoms with Crippen LogP contribution in [0.3, 0.4) is 0 Å². The van der Waals surface area contributed by atoms with E-state index in [-0.39, 0.29) is 5.78 Å². The van der Waals surface area contributed by atoms with Crippen molar-refractivity contribution in [2.45, 2.75) is 6.10 Å². The van der Waals surface area contributed by atoms with Gasteiger partial charge in [-0.3, -0.25) is 4.79 Å². The van der Waals surface area contributed by atoms with Gasteiger partial charge in [0.15, 0.2) is 5.78 Å². The zero-order chi connectivity index (χ0) is 14.7. The lowest BCUT2D eigenvalue weighted by Gasteiger charge is -2.14. The fourth-order valence-corrected chi connectivity index (χ4v) is 2.14. The molecule has 0 radical (unpaired) electrons. The van der Waals surface area contributed by atoms with Crippen LogP contribution in [0.15, 0.2) is 53.0 Å². The molecule has 0 aliphatic carbocycles. The van der Waals surface area contributed by atoms with E-state index in [0.717, 1.165) is 10.2 Å². The lowest BCUT2D eigenvalue weighted by molar-refractivity contribution is 0.0747. The number of hydrogen-bond donors (Lipinski definition) is 1. The smallest absolute Gasteiger partial charge is 0.195 e. The molecule has 2 aromatic rings. The van der Waals surface area contributed by atoms with Crippen LogP contribution >= 0.6 is 15.9 Å². The van der Waals surface area contributed by atoms with Crippen molar-refractivity contribution in [3.63, 3.8) is 0 Å². The average Bonchev–Trinajstić information content (AvgIpc) is 2.46. The zero-order valence-corrected chi connectivity index (χ0v) is 13.0. The summed E-state index contributed by atoms with van der Waals surface area (Å²) in [5.74, 6) is -0.294. The average molecular weight is 334 g/mol. The van der Waals surface area contributed by atoms with Crippen LogP contribution in [-0.4, -0.2) is 25.0 Å². The third-order valence-electron chi connectivity index (χ3n) is 3.10. The van der Waals surface area contributed by atoms with E-state index in [1.807, 2.05) is 31.1 Å². The van der Waals surface area contributed by atoms with Crippen LogP contribution < -0.4 is 4.90 Å². The minimum atomic E-state index is -1.13. The molecule has 0 fully saturated rings. The minimum absolute atomic E-state index is 0.294. The summed E-state index contributed by atoms with van der Waals surface area (Å²) in [4.78, 5) is 14.2. The summed E-state index contributed by atoms with van der Waals surface area (Å²) in [7, 11) is 3.88. The van der Waals surface area contributed by atoms with Gasteiger partial charge in [-0.1, -0.05) is 28.1 Å². The van der Waals surface area contributed by atoms with Crippen LogP contribution in [0.5, 0.6) is 0 Å². The molecule has 0 spiro atoms. The van der Waals surface area contributed by atoms with Gasteiger partial charge < -0.3 is 10.0 Å². The summed E-state index contributed by atoms with van der Waals surface area (Å²) >= 11 is 3.33. The van der Waals surface area contributed by atoms with Crippen molar-refractivity contribution in [1.29, 1.82) is 0 Å². The minimum Gasteiger partial charge on any atom is -0.380 e. The number of carbonyl (C=O) groups excluding carboxylic acids is 1. The monoisotopic (exact) mass is 333 g/mol. The number of hydrogen-bond acceptors (Lipinski definition) is 3. The number of anilines is 1. The highest BCUT2D eigenvalue weighted by Crippen LogP contribution is 2.22. The molecule has 0 aliphatic heterocycles. The number of halogens is 1. The molecular weight excluding hydrogens is 318 g/mol. The Labute approximate surface area is 127 Å². The summed E-state index contributed by atoms with van der Waals surface area (Å²) in [5, 5.41) is 10.1. The molecule has 4 heteroatoms. The molecule has 2 aromatic carbocycles. The van der Waals surface area contributed by atoms with Gasteiger partial charge in [0.25, 0.3) is 0 Å². The number of rotatable bonds is 4. The van der Waals surface area contributed by atoms with Gasteiger partial charge in [0.05, 0.1) is 0 Å². The van der Waals surface area contributed by atoms with Gasteiger partial charge in [0.1, 0.15) is 6.10 Å². The molecule has 0 bridgehead atoms. The molecular formula is C16H16BrNO2. The Morgan fingerprint density at radius 3 is 2.10 bits per heavy atom. The highest BCUT2D eigenvalue weighted by atomic mass is 79.9. The first-order valence-corrected chi connectivity index (χ1v) is 7.03. The molecule has 1 N–H and O–H groups in total. The van der Waals surface area contributed by atoms with Gasteiger partial charge in [-0.05, 0) is 42.0 Å². The van der Waals surface area contributed by atoms with Crippen LogP contribution in [0.4, 0.5) is 5.69 Å².